The highest BCUT2D eigenvalue weighted by Gasteiger charge is 2.11. The molecular weight excluding hydrogens is 340 g/mol. The Labute approximate surface area is 158 Å². The van der Waals surface area contributed by atoms with Gasteiger partial charge in [-0.15, -0.1) is 0 Å². The third-order valence-corrected chi connectivity index (χ3v) is 4.05. The SMILES string of the molecule is CCc1ccc(NC(=O)c2cc(Nc3ccc(OC)cc3)nc(C)n2)cc1. The van der Waals surface area contributed by atoms with Crippen molar-refractivity contribution in [3.63, 3.8) is 0 Å². The van der Waals surface area contributed by atoms with Gasteiger partial charge in [-0.3, -0.25) is 4.79 Å². The first-order valence-corrected chi connectivity index (χ1v) is 8.74. The van der Waals surface area contributed by atoms with Crippen LogP contribution in [0.2, 0.25) is 0 Å². The maximum atomic E-state index is 12.6. The van der Waals surface area contributed by atoms with Crippen molar-refractivity contribution in [3.05, 3.63) is 71.7 Å². The number of hydrogen-bond donors (Lipinski definition) is 2. The molecule has 1 aromatic heterocycles. The Kier molecular flexibility index (Phi) is 5.66. The molecule has 1 heterocycles. The molecule has 0 radical (unpaired) electrons. The molecule has 1 amide bonds. The number of rotatable bonds is 6. The van der Waals surface area contributed by atoms with Crippen LogP contribution in [0.3, 0.4) is 0 Å². The van der Waals surface area contributed by atoms with Gasteiger partial charge in [0, 0.05) is 17.4 Å². The first-order valence-electron chi connectivity index (χ1n) is 8.74. The van der Waals surface area contributed by atoms with E-state index in [1.165, 1.54) is 5.56 Å². The van der Waals surface area contributed by atoms with Crippen molar-refractivity contribution in [2.45, 2.75) is 20.3 Å². The van der Waals surface area contributed by atoms with E-state index in [0.29, 0.717) is 17.3 Å². The lowest BCUT2D eigenvalue weighted by Crippen LogP contribution is -2.15. The van der Waals surface area contributed by atoms with E-state index in [9.17, 15) is 4.79 Å². The monoisotopic (exact) mass is 362 g/mol. The van der Waals surface area contributed by atoms with E-state index in [0.717, 1.165) is 23.5 Å². The molecule has 0 fully saturated rings. The Morgan fingerprint density at radius 2 is 1.67 bits per heavy atom. The summed E-state index contributed by atoms with van der Waals surface area (Å²) in [6.45, 7) is 3.85. The molecule has 0 aliphatic heterocycles. The number of ether oxygens (including phenoxy) is 1. The van der Waals surface area contributed by atoms with Crippen LogP contribution < -0.4 is 15.4 Å². The van der Waals surface area contributed by atoms with Crippen molar-refractivity contribution < 1.29 is 9.53 Å². The second-order valence-electron chi connectivity index (χ2n) is 6.04. The molecule has 0 atom stereocenters. The van der Waals surface area contributed by atoms with Gasteiger partial charge < -0.3 is 15.4 Å². The molecule has 0 aliphatic carbocycles. The van der Waals surface area contributed by atoms with Gasteiger partial charge in [0.15, 0.2) is 0 Å². The predicted molar refractivity (Wildman–Crippen MR) is 107 cm³/mol. The summed E-state index contributed by atoms with van der Waals surface area (Å²) in [6, 6.07) is 16.9. The lowest BCUT2D eigenvalue weighted by molar-refractivity contribution is 0.102. The van der Waals surface area contributed by atoms with Crippen LogP contribution in [0.25, 0.3) is 0 Å². The normalized spacial score (nSPS) is 10.3. The fourth-order valence-electron chi connectivity index (χ4n) is 2.59. The van der Waals surface area contributed by atoms with E-state index < -0.39 is 0 Å². The molecule has 0 bridgehead atoms. The number of methoxy groups -OCH3 is 1. The topological polar surface area (TPSA) is 76.1 Å². The van der Waals surface area contributed by atoms with Crippen molar-refractivity contribution in [1.82, 2.24) is 9.97 Å². The van der Waals surface area contributed by atoms with Crippen LogP contribution in [0.1, 0.15) is 28.8 Å². The fraction of sp³-hybridized carbons (Fsp3) is 0.190. The van der Waals surface area contributed by atoms with Gasteiger partial charge in [0.2, 0.25) is 0 Å². The van der Waals surface area contributed by atoms with Crippen molar-refractivity contribution in [1.29, 1.82) is 0 Å². The number of hydrogen-bond acceptors (Lipinski definition) is 5. The van der Waals surface area contributed by atoms with Gasteiger partial charge >= 0.3 is 0 Å². The van der Waals surface area contributed by atoms with Crippen molar-refractivity contribution in [2.75, 3.05) is 17.7 Å². The Balaban J connectivity index is 1.75. The number of aromatic nitrogens is 2. The van der Waals surface area contributed by atoms with Gasteiger partial charge in [0.05, 0.1) is 7.11 Å². The summed E-state index contributed by atoms with van der Waals surface area (Å²) in [5, 5.41) is 6.05. The number of carbonyl (C=O) groups is 1. The standard InChI is InChI=1S/C21H22N4O2/c1-4-15-5-7-17(8-6-15)25-21(26)19-13-20(23-14(2)22-19)24-16-9-11-18(27-3)12-10-16/h5-13H,4H2,1-3H3,(H,25,26)(H,22,23,24). The molecule has 0 saturated carbocycles. The first-order chi connectivity index (χ1) is 13.1. The summed E-state index contributed by atoms with van der Waals surface area (Å²) in [6.07, 6.45) is 0.958. The molecule has 0 unspecified atom stereocenters. The third-order valence-electron chi connectivity index (χ3n) is 4.05. The first kappa shape index (κ1) is 18.4. The van der Waals surface area contributed by atoms with Crippen LogP contribution in [0.15, 0.2) is 54.6 Å². The van der Waals surface area contributed by atoms with Crippen LogP contribution in [-0.4, -0.2) is 23.0 Å². The zero-order valence-electron chi connectivity index (χ0n) is 15.6. The molecule has 3 rings (SSSR count). The van der Waals surface area contributed by atoms with Gasteiger partial charge in [-0.1, -0.05) is 19.1 Å². The molecule has 138 valence electrons. The highest BCUT2D eigenvalue weighted by Crippen LogP contribution is 2.20. The molecule has 2 N–H and O–H groups in total. The zero-order chi connectivity index (χ0) is 19.2. The average molecular weight is 362 g/mol. The van der Waals surface area contributed by atoms with Crippen molar-refractivity contribution >= 4 is 23.1 Å². The Bertz CT molecular complexity index is 922. The number of nitrogens with zero attached hydrogens (tertiary/aromatic N) is 2. The minimum Gasteiger partial charge on any atom is -0.497 e. The molecule has 3 aromatic rings. The summed E-state index contributed by atoms with van der Waals surface area (Å²) in [4.78, 5) is 21.2. The molecule has 2 aromatic carbocycles. The molecule has 6 heteroatoms. The van der Waals surface area contributed by atoms with Gasteiger partial charge in [0.1, 0.15) is 23.1 Å². The fourth-order valence-corrected chi connectivity index (χ4v) is 2.59. The quantitative estimate of drug-likeness (QED) is 0.682. The van der Waals surface area contributed by atoms with E-state index in [1.54, 1.807) is 20.1 Å². The lowest BCUT2D eigenvalue weighted by atomic mass is 10.1. The Morgan fingerprint density at radius 3 is 2.30 bits per heavy atom. The molecule has 27 heavy (non-hydrogen) atoms. The lowest BCUT2D eigenvalue weighted by Gasteiger charge is -2.10. The summed E-state index contributed by atoms with van der Waals surface area (Å²) in [5.41, 5.74) is 3.10. The minimum absolute atomic E-state index is 0.275. The number of carbonyl (C=O) groups excluding carboxylic acids is 1. The molecule has 0 saturated heterocycles. The maximum Gasteiger partial charge on any atom is 0.274 e. The summed E-state index contributed by atoms with van der Waals surface area (Å²) < 4.78 is 5.15. The van der Waals surface area contributed by atoms with Gasteiger partial charge in [-0.25, -0.2) is 9.97 Å². The predicted octanol–water partition coefficient (Wildman–Crippen LogP) is 4.35. The second kappa shape index (κ2) is 8.31. The number of nitrogens with one attached hydrogen (secondary N) is 2. The number of benzene rings is 2. The van der Waals surface area contributed by atoms with E-state index >= 15 is 0 Å². The summed E-state index contributed by atoms with van der Waals surface area (Å²) in [5.74, 6) is 1.57. The van der Waals surface area contributed by atoms with Crippen LogP contribution in [0, 0.1) is 6.92 Å². The largest absolute Gasteiger partial charge is 0.497 e. The second-order valence-corrected chi connectivity index (χ2v) is 6.04. The molecular formula is C21H22N4O2. The summed E-state index contributed by atoms with van der Waals surface area (Å²) >= 11 is 0. The van der Waals surface area contributed by atoms with E-state index in [2.05, 4.69) is 27.5 Å². The molecule has 6 nitrogen and oxygen atoms in total. The van der Waals surface area contributed by atoms with Crippen molar-refractivity contribution in [2.24, 2.45) is 0 Å². The summed E-state index contributed by atoms with van der Waals surface area (Å²) in [7, 11) is 1.62. The minimum atomic E-state index is -0.275. The van der Waals surface area contributed by atoms with E-state index in [1.807, 2.05) is 48.5 Å². The highest BCUT2D eigenvalue weighted by atomic mass is 16.5. The van der Waals surface area contributed by atoms with Crippen LogP contribution in [0.4, 0.5) is 17.2 Å². The number of amides is 1. The maximum absolute atomic E-state index is 12.6. The van der Waals surface area contributed by atoms with Crippen LogP contribution in [-0.2, 0) is 6.42 Å². The van der Waals surface area contributed by atoms with Crippen LogP contribution >= 0.6 is 0 Å². The Hall–Kier alpha value is -3.41. The van der Waals surface area contributed by atoms with Gasteiger partial charge in [-0.05, 0) is 55.3 Å². The van der Waals surface area contributed by atoms with E-state index in [4.69, 9.17) is 4.74 Å². The van der Waals surface area contributed by atoms with Crippen LogP contribution in [0.5, 0.6) is 5.75 Å². The van der Waals surface area contributed by atoms with Gasteiger partial charge in [-0.2, -0.15) is 0 Å². The number of aryl methyl sites for hydroxylation is 2. The van der Waals surface area contributed by atoms with Crippen molar-refractivity contribution in [3.8, 4) is 5.75 Å². The van der Waals surface area contributed by atoms with E-state index in [-0.39, 0.29) is 5.91 Å². The Morgan fingerprint density at radius 1 is 1.00 bits per heavy atom. The molecule has 0 spiro atoms. The smallest absolute Gasteiger partial charge is 0.274 e. The number of anilines is 3. The average Bonchev–Trinajstić information content (AvgIpc) is 2.68. The molecule has 0 aliphatic rings. The zero-order valence-corrected chi connectivity index (χ0v) is 15.6. The highest BCUT2D eigenvalue weighted by molar-refractivity contribution is 6.03. The third kappa shape index (κ3) is 4.82. The van der Waals surface area contributed by atoms with Gasteiger partial charge in [0.25, 0.3) is 5.91 Å².